The van der Waals surface area contributed by atoms with Crippen molar-refractivity contribution in [2.45, 2.75) is 52.2 Å². The summed E-state index contributed by atoms with van der Waals surface area (Å²) in [5.41, 5.74) is 1.68. The van der Waals surface area contributed by atoms with E-state index in [1.807, 2.05) is 44.9 Å². The van der Waals surface area contributed by atoms with Gasteiger partial charge in [-0.3, -0.25) is 0 Å². The average molecular weight is 292 g/mol. The lowest BCUT2D eigenvalue weighted by Gasteiger charge is -2.29. The first kappa shape index (κ1) is 15.6. The number of ether oxygens (including phenoxy) is 2. The number of hydrogen-bond acceptors (Lipinski definition) is 4. The quantitative estimate of drug-likeness (QED) is 0.837. The number of amides is 1. The van der Waals surface area contributed by atoms with E-state index in [9.17, 15) is 4.79 Å². The average Bonchev–Trinajstić information content (AvgIpc) is 2.85. The number of hydrogen-bond donors (Lipinski definition) is 0. The van der Waals surface area contributed by atoms with E-state index < -0.39 is 5.60 Å². The molecule has 0 unspecified atom stereocenters. The van der Waals surface area contributed by atoms with E-state index in [-0.39, 0.29) is 12.1 Å². The lowest BCUT2D eigenvalue weighted by Crippen LogP contribution is -2.36. The van der Waals surface area contributed by atoms with Gasteiger partial charge in [0.1, 0.15) is 5.60 Å². The van der Waals surface area contributed by atoms with Crippen molar-refractivity contribution >= 4 is 6.09 Å². The number of nitrogens with zero attached hydrogens (tertiary/aromatic N) is 2. The van der Waals surface area contributed by atoms with Gasteiger partial charge in [-0.25, -0.2) is 9.78 Å². The molecule has 2 rings (SSSR count). The van der Waals surface area contributed by atoms with Crippen molar-refractivity contribution in [1.29, 1.82) is 0 Å². The fraction of sp³-hybridized carbons (Fsp3) is 0.625. The van der Waals surface area contributed by atoms with E-state index in [1.165, 1.54) is 0 Å². The zero-order valence-electron chi connectivity index (χ0n) is 13.5. The summed E-state index contributed by atoms with van der Waals surface area (Å²) in [5, 5.41) is 0. The molecule has 0 saturated carbocycles. The topological polar surface area (TPSA) is 51.7 Å². The summed E-state index contributed by atoms with van der Waals surface area (Å²) in [7, 11) is 1.60. The second-order valence-electron chi connectivity index (χ2n) is 6.42. The Hall–Kier alpha value is -1.78. The van der Waals surface area contributed by atoms with Crippen LogP contribution in [0.3, 0.4) is 0 Å². The Bertz CT molecular complexity index is 523. The highest BCUT2D eigenvalue weighted by Crippen LogP contribution is 2.35. The van der Waals surface area contributed by atoms with Crippen LogP contribution in [-0.2, 0) is 4.74 Å². The Morgan fingerprint density at radius 3 is 2.71 bits per heavy atom. The molecule has 1 fully saturated rings. The molecule has 0 bridgehead atoms. The Balaban J connectivity index is 2.20. The van der Waals surface area contributed by atoms with Crippen molar-refractivity contribution < 1.29 is 14.3 Å². The molecule has 1 atom stereocenters. The maximum absolute atomic E-state index is 12.3. The molecular formula is C16H24N2O3. The summed E-state index contributed by atoms with van der Waals surface area (Å²) >= 11 is 0. The molecule has 0 spiro atoms. The zero-order valence-corrected chi connectivity index (χ0v) is 13.5. The van der Waals surface area contributed by atoms with Gasteiger partial charge in [0.25, 0.3) is 0 Å². The Morgan fingerprint density at radius 1 is 1.43 bits per heavy atom. The van der Waals surface area contributed by atoms with Crippen LogP contribution >= 0.6 is 0 Å². The minimum atomic E-state index is -0.475. The molecule has 1 aliphatic heterocycles. The van der Waals surface area contributed by atoms with E-state index in [1.54, 1.807) is 7.11 Å². The van der Waals surface area contributed by atoms with Crippen LogP contribution in [0, 0.1) is 6.92 Å². The fourth-order valence-electron chi connectivity index (χ4n) is 2.63. The molecule has 0 radical (unpaired) electrons. The summed E-state index contributed by atoms with van der Waals surface area (Å²) in [6.45, 7) is 8.40. The van der Waals surface area contributed by atoms with Gasteiger partial charge in [0, 0.05) is 18.8 Å². The molecule has 116 valence electrons. The molecule has 1 aromatic rings. The predicted molar refractivity (Wildman–Crippen MR) is 80.4 cm³/mol. The SMILES string of the molecule is COc1cc(C)c([C@H]2CCCN2C(=O)OC(C)(C)C)cn1. The fourth-order valence-corrected chi connectivity index (χ4v) is 2.63. The van der Waals surface area contributed by atoms with Crippen molar-refractivity contribution in [2.75, 3.05) is 13.7 Å². The van der Waals surface area contributed by atoms with Crippen LogP contribution in [0.2, 0.25) is 0 Å². The number of likely N-dealkylation sites (tertiary alicyclic amines) is 1. The van der Waals surface area contributed by atoms with Crippen LogP contribution in [0.5, 0.6) is 5.88 Å². The highest BCUT2D eigenvalue weighted by Gasteiger charge is 2.34. The summed E-state index contributed by atoms with van der Waals surface area (Å²) in [6, 6.07) is 1.94. The summed E-state index contributed by atoms with van der Waals surface area (Å²) in [4.78, 5) is 18.4. The normalized spacial score (nSPS) is 18.7. The van der Waals surface area contributed by atoms with Crippen molar-refractivity contribution in [2.24, 2.45) is 0 Å². The first-order valence-electron chi connectivity index (χ1n) is 7.32. The molecule has 0 N–H and O–H groups in total. The molecule has 1 aliphatic rings. The Morgan fingerprint density at radius 2 is 2.14 bits per heavy atom. The lowest BCUT2D eigenvalue weighted by atomic mass is 10.0. The number of aromatic nitrogens is 1. The third-order valence-electron chi connectivity index (χ3n) is 3.58. The largest absolute Gasteiger partial charge is 0.481 e. The highest BCUT2D eigenvalue weighted by atomic mass is 16.6. The molecule has 1 saturated heterocycles. The van der Waals surface area contributed by atoms with E-state index in [0.29, 0.717) is 5.88 Å². The van der Waals surface area contributed by atoms with Gasteiger partial charge in [0.2, 0.25) is 5.88 Å². The van der Waals surface area contributed by atoms with Gasteiger partial charge in [0.05, 0.1) is 13.2 Å². The van der Waals surface area contributed by atoms with Gasteiger partial charge in [-0.05, 0) is 51.7 Å². The minimum Gasteiger partial charge on any atom is -0.481 e. The van der Waals surface area contributed by atoms with Crippen molar-refractivity contribution in [3.63, 3.8) is 0 Å². The van der Waals surface area contributed by atoms with E-state index in [0.717, 1.165) is 30.5 Å². The molecule has 0 aromatic carbocycles. The van der Waals surface area contributed by atoms with Crippen LogP contribution < -0.4 is 4.74 Å². The second kappa shape index (κ2) is 5.92. The van der Waals surface area contributed by atoms with Gasteiger partial charge in [-0.2, -0.15) is 0 Å². The molecule has 5 heteroatoms. The number of rotatable bonds is 2. The predicted octanol–water partition coefficient (Wildman–Crippen LogP) is 3.47. The molecule has 1 amide bonds. The highest BCUT2D eigenvalue weighted by molar-refractivity contribution is 5.69. The minimum absolute atomic E-state index is 0.0401. The second-order valence-corrected chi connectivity index (χ2v) is 6.42. The smallest absolute Gasteiger partial charge is 0.410 e. The lowest BCUT2D eigenvalue weighted by molar-refractivity contribution is 0.0224. The molecule has 1 aromatic heterocycles. The standard InChI is InChI=1S/C16H24N2O3/c1-11-9-14(20-5)17-10-12(11)13-7-6-8-18(13)15(19)21-16(2,3)4/h9-10,13H,6-8H2,1-5H3/t13-/m1/s1. The first-order chi connectivity index (χ1) is 9.81. The van der Waals surface area contributed by atoms with Crippen LogP contribution in [0.15, 0.2) is 12.3 Å². The molecule has 2 heterocycles. The molecule has 21 heavy (non-hydrogen) atoms. The summed E-state index contributed by atoms with van der Waals surface area (Å²) in [5.74, 6) is 0.595. The summed E-state index contributed by atoms with van der Waals surface area (Å²) in [6.07, 6.45) is 3.48. The number of carbonyl (C=O) groups is 1. The number of aryl methyl sites for hydroxylation is 1. The maximum atomic E-state index is 12.3. The third kappa shape index (κ3) is 3.65. The van der Waals surface area contributed by atoms with Crippen LogP contribution in [-0.4, -0.2) is 35.2 Å². The van der Waals surface area contributed by atoms with Crippen LogP contribution in [0.1, 0.15) is 50.8 Å². The Kier molecular flexibility index (Phi) is 4.40. The Labute approximate surface area is 126 Å². The molecular weight excluding hydrogens is 268 g/mol. The van der Waals surface area contributed by atoms with E-state index in [2.05, 4.69) is 4.98 Å². The molecule has 5 nitrogen and oxygen atoms in total. The molecule has 0 aliphatic carbocycles. The van der Waals surface area contributed by atoms with E-state index in [4.69, 9.17) is 9.47 Å². The maximum Gasteiger partial charge on any atom is 0.410 e. The van der Waals surface area contributed by atoms with Crippen LogP contribution in [0.25, 0.3) is 0 Å². The van der Waals surface area contributed by atoms with Gasteiger partial charge >= 0.3 is 6.09 Å². The van der Waals surface area contributed by atoms with Crippen molar-refractivity contribution in [1.82, 2.24) is 9.88 Å². The van der Waals surface area contributed by atoms with Crippen LogP contribution in [0.4, 0.5) is 4.79 Å². The number of methoxy groups -OCH3 is 1. The number of pyridine rings is 1. The van der Waals surface area contributed by atoms with Gasteiger partial charge in [-0.1, -0.05) is 0 Å². The van der Waals surface area contributed by atoms with Gasteiger partial charge in [-0.15, -0.1) is 0 Å². The number of carbonyl (C=O) groups excluding carboxylic acids is 1. The monoisotopic (exact) mass is 292 g/mol. The zero-order chi connectivity index (χ0) is 15.6. The van der Waals surface area contributed by atoms with Crippen molar-refractivity contribution in [3.8, 4) is 5.88 Å². The first-order valence-corrected chi connectivity index (χ1v) is 7.32. The third-order valence-corrected chi connectivity index (χ3v) is 3.58. The summed E-state index contributed by atoms with van der Waals surface area (Å²) < 4.78 is 10.6. The van der Waals surface area contributed by atoms with Gasteiger partial charge in [0.15, 0.2) is 0 Å². The van der Waals surface area contributed by atoms with Gasteiger partial charge < -0.3 is 14.4 Å². The van der Waals surface area contributed by atoms with E-state index >= 15 is 0 Å². The van der Waals surface area contributed by atoms with Crippen molar-refractivity contribution in [3.05, 3.63) is 23.4 Å².